The fourth-order valence-electron chi connectivity index (χ4n) is 7.50. The number of fused-ring (bicyclic) bond motifs is 5. The van der Waals surface area contributed by atoms with Crippen molar-refractivity contribution in [2.75, 3.05) is 0 Å². The highest BCUT2D eigenvalue weighted by Gasteiger charge is 2.61. The number of ketones is 1. The molecule has 0 heterocycles. The zero-order chi connectivity index (χ0) is 19.4. The number of aliphatic hydroxyl groups excluding tert-OH is 1. The highest BCUT2D eigenvalue weighted by molar-refractivity contribution is 5.87. The minimum Gasteiger partial charge on any atom is -0.481 e. The summed E-state index contributed by atoms with van der Waals surface area (Å²) in [5.41, 5.74) is 1.35. The molecule has 7 atom stereocenters. The Morgan fingerprint density at radius 2 is 1.93 bits per heavy atom. The Morgan fingerprint density at radius 3 is 2.67 bits per heavy atom. The molecule has 0 amide bonds. The standard InChI is InChI=1S/C23H34O4/c1-22-10-8-14(4-3-5-21(26)27)12-18(22)19(24)13-15-16-6-7-20(25)23(16,2)11-9-17(15)22/h4,15-19,24H,3,5-13H2,1-2H3,(H,26,27)/b14-4+/t15?,16?,17?,18?,19-,22+,23-/m0/s1. The van der Waals surface area contributed by atoms with Crippen LogP contribution >= 0.6 is 0 Å². The van der Waals surface area contributed by atoms with Gasteiger partial charge in [0, 0.05) is 18.3 Å². The summed E-state index contributed by atoms with van der Waals surface area (Å²) in [5, 5.41) is 20.0. The molecule has 4 unspecified atom stereocenters. The normalized spacial score (nSPS) is 48.0. The molecule has 4 heteroatoms. The second kappa shape index (κ2) is 6.72. The molecule has 4 saturated carbocycles. The second-order valence-electron chi connectivity index (χ2n) is 10.2. The van der Waals surface area contributed by atoms with Crippen LogP contribution in [0.15, 0.2) is 11.6 Å². The molecule has 0 aromatic carbocycles. The third kappa shape index (κ3) is 2.99. The van der Waals surface area contributed by atoms with E-state index < -0.39 is 5.97 Å². The first-order valence-electron chi connectivity index (χ1n) is 10.9. The average molecular weight is 375 g/mol. The Hall–Kier alpha value is -1.16. The molecule has 0 bridgehead atoms. The zero-order valence-corrected chi connectivity index (χ0v) is 16.7. The molecule has 0 aromatic rings. The number of carboxylic acids is 1. The summed E-state index contributed by atoms with van der Waals surface area (Å²) in [6.45, 7) is 4.58. The Morgan fingerprint density at radius 1 is 1.15 bits per heavy atom. The van der Waals surface area contributed by atoms with Crippen molar-refractivity contribution in [3.05, 3.63) is 11.6 Å². The van der Waals surface area contributed by atoms with E-state index in [-0.39, 0.29) is 29.3 Å². The van der Waals surface area contributed by atoms with Crippen molar-refractivity contribution in [3.8, 4) is 0 Å². The van der Waals surface area contributed by atoms with Crippen LogP contribution in [0.5, 0.6) is 0 Å². The number of hydrogen-bond acceptors (Lipinski definition) is 3. The van der Waals surface area contributed by atoms with Crippen LogP contribution < -0.4 is 0 Å². The van der Waals surface area contributed by atoms with Gasteiger partial charge in [0.05, 0.1) is 6.10 Å². The molecule has 4 aliphatic carbocycles. The van der Waals surface area contributed by atoms with Crippen molar-refractivity contribution < 1.29 is 19.8 Å². The SMILES string of the molecule is C[C@]12CC/C(=C\CCC(=O)O)CC1[C@@H](O)CC1C2CC[C@]2(C)C(=O)CCC12. The quantitative estimate of drug-likeness (QED) is 0.720. The van der Waals surface area contributed by atoms with Gasteiger partial charge in [-0.2, -0.15) is 0 Å². The Balaban J connectivity index is 1.54. The molecule has 0 spiro atoms. The molecule has 4 aliphatic rings. The topological polar surface area (TPSA) is 74.6 Å². The minimum atomic E-state index is -0.746. The number of rotatable bonds is 3. The highest BCUT2D eigenvalue weighted by atomic mass is 16.4. The second-order valence-corrected chi connectivity index (χ2v) is 10.2. The van der Waals surface area contributed by atoms with E-state index in [2.05, 4.69) is 19.9 Å². The van der Waals surface area contributed by atoms with Crippen molar-refractivity contribution >= 4 is 11.8 Å². The van der Waals surface area contributed by atoms with Crippen LogP contribution in [-0.2, 0) is 9.59 Å². The average Bonchev–Trinajstić information content (AvgIpc) is 2.91. The predicted molar refractivity (Wildman–Crippen MR) is 103 cm³/mol. The number of aliphatic carboxylic acids is 1. The van der Waals surface area contributed by atoms with E-state index in [1.165, 1.54) is 5.57 Å². The van der Waals surface area contributed by atoms with Crippen LogP contribution in [-0.4, -0.2) is 28.1 Å². The van der Waals surface area contributed by atoms with E-state index in [0.717, 1.165) is 51.4 Å². The molecule has 150 valence electrons. The van der Waals surface area contributed by atoms with Gasteiger partial charge in [0.2, 0.25) is 0 Å². The largest absolute Gasteiger partial charge is 0.481 e. The molecule has 0 aromatic heterocycles. The monoisotopic (exact) mass is 374 g/mol. The summed E-state index contributed by atoms with van der Waals surface area (Å²) in [5.74, 6) is 1.57. The third-order valence-corrected chi connectivity index (χ3v) is 9.08. The van der Waals surface area contributed by atoms with Gasteiger partial charge in [-0.25, -0.2) is 0 Å². The number of Topliss-reactive ketones (excluding diaryl/α,β-unsaturated/α-hetero) is 1. The van der Waals surface area contributed by atoms with E-state index in [4.69, 9.17) is 5.11 Å². The van der Waals surface area contributed by atoms with Crippen LogP contribution in [0, 0.1) is 34.5 Å². The molecular formula is C23H34O4. The van der Waals surface area contributed by atoms with Crippen molar-refractivity contribution in [3.63, 3.8) is 0 Å². The van der Waals surface area contributed by atoms with Crippen LogP contribution in [0.2, 0.25) is 0 Å². The van der Waals surface area contributed by atoms with Crippen molar-refractivity contribution in [1.29, 1.82) is 0 Å². The number of carbonyl (C=O) groups excluding carboxylic acids is 1. The summed E-state index contributed by atoms with van der Waals surface area (Å²) in [6.07, 6.45) is 10.4. The lowest BCUT2D eigenvalue weighted by Crippen LogP contribution is -2.57. The van der Waals surface area contributed by atoms with E-state index in [1.54, 1.807) is 0 Å². The van der Waals surface area contributed by atoms with Gasteiger partial charge in [0.15, 0.2) is 0 Å². The number of hydrogen-bond donors (Lipinski definition) is 2. The first-order chi connectivity index (χ1) is 12.8. The number of allylic oxidation sites excluding steroid dienone is 2. The lowest BCUT2D eigenvalue weighted by molar-refractivity contribution is -0.155. The molecule has 4 nitrogen and oxygen atoms in total. The molecule has 0 saturated heterocycles. The van der Waals surface area contributed by atoms with Crippen molar-refractivity contribution in [1.82, 2.24) is 0 Å². The van der Waals surface area contributed by atoms with Gasteiger partial charge in [-0.1, -0.05) is 25.5 Å². The highest BCUT2D eigenvalue weighted by Crippen LogP contribution is 2.65. The molecule has 4 rings (SSSR count). The fourth-order valence-corrected chi connectivity index (χ4v) is 7.50. The van der Waals surface area contributed by atoms with Crippen molar-refractivity contribution in [2.24, 2.45) is 34.5 Å². The Bertz CT molecular complexity index is 667. The van der Waals surface area contributed by atoms with Gasteiger partial charge >= 0.3 is 5.97 Å². The lowest BCUT2D eigenvalue weighted by atomic mass is 9.44. The Kier molecular flexibility index (Phi) is 4.77. The van der Waals surface area contributed by atoms with Gasteiger partial charge in [-0.3, -0.25) is 9.59 Å². The minimum absolute atomic E-state index is 0.138. The van der Waals surface area contributed by atoms with Crippen LogP contribution in [0.4, 0.5) is 0 Å². The molecule has 0 aliphatic heterocycles. The van der Waals surface area contributed by atoms with Gasteiger partial charge < -0.3 is 10.2 Å². The molecular weight excluding hydrogens is 340 g/mol. The first-order valence-corrected chi connectivity index (χ1v) is 10.9. The van der Waals surface area contributed by atoms with Crippen LogP contribution in [0.1, 0.15) is 78.1 Å². The maximum atomic E-state index is 12.5. The number of carbonyl (C=O) groups is 2. The van der Waals surface area contributed by atoms with Crippen molar-refractivity contribution in [2.45, 2.75) is 84.2 Å². The van der Waals surface area contributed by atoms with E-state index in [0.29, 0.717) is 30.0 Å². The maximum Gasteiger partial charge on any atom is 0.303 e. The van der Waals surface area contributed by atoms with E-state index in [1.807, 2.05) is 0 Å². The molecule has 4 fully saturated rings. The van der Waals surface area contributed by atoms with Gasteiger partial charge in [-0.05, 0) is 80.5 Å². The number of carboxylic acid groups (broad SMARTS) is 1. The first kappa shape index (κ1) is 19.2. The lowest BCUT2D eigenvalue weighted by Gasteiger charge is -2.61. The fraction of sp³-hybridized carbons (Fsp3) is 0.826. The predicted octanol–water partition coefficient (Wildman–Crippen LogP) is 4.36. The van der Waals surface area contributed by atoms with Gasteiger partial charge in [0.25, 0.3) is 0 Å². The molecule has 2 N–H and O–H groups in total. The molecule has 0 radical (unpaired) electrons. The summed E-state index contributed by atoms with van der Waals surface area (Å²) < 4.78 is 0. The van der Waals surface area contributed by atoms with Gasteiger partial charge in [-0.15, -0.1) is 0 Å². The maximum absolute atomic E-state index is 12.5. The van der Waals surface area contributed by atoms with Crippen LogP contribution in [0.25, 0.3) is 0 Å². The summed E-state index contributed by atoms with van der Waals surface area (Å²) >= 11 is 0. The summed E-state index contributed by atoms with van der Waals surface area (Å²) in [7, 11) is 0. The van der Waals surface area contributed by atoms with Gasteiger partial charge in [0.1, 0.15) is 5.78 Å². The van der Waals surface area contributed by atoms with Crippen LogP contribution in [0.3, 0.4) is 0 Å². The zero-order valence-electron chi connectivity index (χ0n) is 16.7. The smallest absolute Gasteiger partial charge is 0.303 e. The van der Waals surface area contributed by atoms with E-state index >= 15 is 0 Å². The number of aliphatic hydroxyl groups is 1. The summed E-state index contributed by atoms with van der Waals surface area (Å²) in [6, 6.07) is 0. The third-order valence-electron chi connectivity index (χ3n) is 9.08. The summed E-state index contributed by atoms with van der Waals surface area (Å²) in [4.78, 5) is 23.3. The van der Waals surface area contributed by atoms with E-state index in [9.17, 15) is 14.7 Å². The molecule has 27 heavy (non-hydrogen) atoms. The Labute approximate surface area is 162 Å².